The molecule has 0 radical (unpaired) electrons. The fraction of sp³-hybridized carbons (Fsp3) is 0.548. The Balaban J connectivity index is 1.15. The lowest BCUT2D eigenvalue weighted by molar-refractivity contribution is -0.122. The van der Waals surface area contributed by atoms with E-state index in [-0.39, 0.29) is 17.9 Å². The number of carbonyl (C=O) groups excluding carboxylic acids is 2. The molecular weight excluding hydrogens is 446 g/mol. The smallest absolute Gasteiger partial charge is 0.254 e. The molecule has 0 spiro atoms. The second kappa shape index (κ2) is 11.2. The van der Waals surface area contributed by atoms with Crippen LogP contribution in [-0.2, 0) is 4.79 Å². The van der Waals surface area contributed by atoms with Gasteiger partial charge in [-0.3, -0.25) is 9.59 Å². The van der Waals surface area contributed by atoms with Gasteiger partial charge in [0.25, 0.3) is 5.91 Å². The Labute approximate surface area is 216 Å². The Bertz CT molecular complexity index is 1030. The third kappa shape index (κ3) is 5.67. The normalized spacial score (nSPS) is 23.1. The molecule has 5 rings (SSSR count). The zero-order chi connectivity index (χ0) is 25.1. The van der Waals surface area contributed by atoms with Gasteiger partial charge in [0.1, 0.15) is 0 Å². The van der Waals surface area contributed by atoms with Crippen molar-refractivity contribution in [1.29, 1.82) is 0 Å². The molecule has 3 aliphatic rings. The topological polar surface area (TPSA) is 52.7 Å². The maximum Gasteiger partial charge on any atom is 0.254 e. The van der Waals surface area contributed by atoms with E-state index >= 15 is 0 Å². The largest absolute Gasteiger partial charge is 0.349 e. The van der Waals surface area contributed by atoms with Crippen LogP contribution in [0.4, 0.5) is 0 Å². The third-order valence-corrected chi connectivity index (χ3v) is 8.76. The quantitative estimate of drug-likeness (QED) is 0.561. The first-order valence-corrected chi connectivity index (χ1v) is 13.9. The number of benzene rings is 2. The van der Waals surface area contributed by atoms with Gasteiger partial charge < -0.3 is 15.1 Å². The molecule has 3 fully saturated rings. The summed E-state index contributed by atoms with van der Waals surface area (Å²) in [6.45, 7) is 8.84. The number of carbonyl (C=O) groups is 2. The highest BCUT2D eigenvalue weighted by molar-refractivity contribution is 5.97. The summed E-state index contributed by atoms with van der Waals surface area (Å²) in [6, 6.07) is 16.6. The van der Waals surface area contributed by atoms with Crippen molar-refractivity contribution in [2.75, 3.05) is 32.7 Å². The van der Waals surface area contributed by atoms with Crippen molar-refractivity contribution < 1.29 is 9.59 Å². The lowest BCUT2D eigenvalue weighted by Gasteiger charge is -2.25. The Morgan fingerprint density at radius 2 is 1.53 bits per heavy atom. The minimum Gasteiger partial charge on any atom is -0.349 e. The summed E-state index contributed by atoms with van der Waals surface area (Å²) in [5.41, 5.74) is 4.22. The zero-order valence-electron chi connectivity index (χ0n) is 21.9. The van der Waals surface area contributed by atoms with Gasteiger partial charge >= 0.3 is 0 Å². The molecule has 36 heavy (non-hydrogen) atoms. The van der Waals surface area contributed by atoms with Gasteiger partial charge in [-0.05, 0) is 67.6 Å². The summed E-state index contributed by atoms with van der Waals surface area (Å²) in [5, 5.41) is 3.37. The van der Waals surface area contributed by atoms with E-state index in [4.69, 9.17) is 0 Å². The van der Waals surface area contributed by atoms with Crippen molar-refractivity contribution in [3.05, 3.63) is 70.8 Å². The molecular formula is C31H41N3O2. The van der Waals surface area contributed by atoms with Crippen LogP contribution in [0, 0.1) is 31.6 Å². The van der Waals surface area contributed by atoms with E-state index in [0.29, 0.717) is 24.2 Å². The van der Waals surface area contributed by atoms with Gasteiger partial charge in [0, 0.05) is 44.7 Å². The lowest BCUT2D eigenvalue weighted by atomic mass is 10.0. The highest BCUT2D eigenvalue weighted by atomic mass is 16.2. The van der Waals surface area contributed by atoms with Gasteiger partial charge in [-0.1, -0.05) is 61.4 Å². The molecule has 5 heteroatoms. The minimum absolute atomic E-state index is 0.0580. The number of fused-ring (bicyclic) bond motifs is 1. The summed E-state index contributed by atoms with van der Waals surface area (Å²) >= 11 is 0. The second-order valence-corrected chi connectivity index (χ2v) is 11.4. The van der Waals surface area contributed by atoms with E-state index in [9.17, 15) is 9.59 Å². The molecule has 1 saturated carbocycles. The van der Waals surface area contributed by atoms with Crippen LogP contribution in [0.3, 0.4) is 0 Å². The van der Waals surface area contributed by atoms with E-state index in [1.807, 2.05) is 38.1 Å². The van der Waals surface area contributed by atoms with Crippen molar-refractivity contribution in [2.24, 2.45) is 17.8 Å². The van der Waals surface area contributed by atoms with Gasteiger partial charge in [0.15, 0.2) is 0 Å². The number of hydrogen-bond donors (Lipinski definition) is 1. The number of likely N-dealkylation sites (tertiary alicyclic amines) is 2. The molecule has 1 aliphatic carbocycles. The average Bonchev–Trinajstić information content (AvgIpc) is 3.59. The molecule has 5 nitrogen and oxygen atoms in total. The SMILES string of the molecule is Cc1cccc(C)c1C(=O)N1CC2CN(CCC(NC(=O)CC3CCCC3)c3ccccc3)CC2C1. The Kier molecular flexibility index (Phi) is 7.76. The first-order chi connectivity index (χ1) is 17.5. The van der Waals surface area contributed by atoms with Crippen molar-refractivity contribution in [2.45, 2.75) is 58.4 Å². The molecule has 0 bridgehead atoms. The predicted molar refractivity (Wildman–Crippen MR) is 144 cm³/mol. The highest BCUT2D eigenvalue weighted by Crippen LogP contribution is 2.33. The molecule has 2 saturated heterocycles. The van der Waals surface area contributed by atoms with Gasteiger partial charge in [0.2, 0.25) is 5.91 Å². The van der Waals surface area contributed by atoms with Crippen LogP contribution in [0.2, 0.25) is 0 Å². The molecule has 0 aromatic heterocycles. The summed E-state index contributed by atoms with van der Waals surface area (Å²) in [7, 11) is 0. The fourth-order valence-corrected chi connectivity index (χ4v) is 6.80. The van der Waals surface area contributed by atoms with Crippen LogP contribution in [0.15, 0.2) is 48.5 Å². The number of amides is 2. The molecule has 2 aromatic carbocycles. The van der Waals surface area contributed by atoms with Crippen molar-refractivity contribution in [3.8, 4) is 0 Å². The van der Waals surface area contributed by atoms with Crippen LogP contribution in [0.5, 0.6) is 0 Å². The first-order valence-electron chi connectivity index (χ1n) is 13.9. The summed E-state index contributed by atoms with van der Waals surface area (Å²) in [6.07, 6.45) is 6.52. The summed E-state index contributed by atoms with van der Waals surface area (Å²) in [4.78, 5) is 30.7. The van der Waals surface area contributed by atoms with Gasteiger partial charge in [-0.15, -0.1) is 0 Å². The van der Waals surface area contributed by atoms with E-state index in [1.54, 1.807) is 0 Å². The number of rotatable bonds is 8. The monoisotopic (exact) mass is 487 g/mol. The highest BCUT2D eigenvalue weighted by Gasteiger charge is 2.42. The van der Waals surface area contributed by atoms with E-state index in [0.717, 1.165) is 55.8 Å². The van der Waals surface area contributed by atoms with E-state index in [1.165, 1.54) is 31.2 Å². The van der Waals surface area contributed by atoms with Gasteiger partial charge in [0.05, 0.1) is 6.04 Å². The predicted octanol–water partition coefficient (Wildman–Crippen LogP) is 5.14. The summed E-state index contributed by atoms with van der Waals surface area (Å²) in [5.74, 6) is 2.06. The Morgan fingerprint density at radius 1 is 0.889 bits per heavy atom. The number of nitrogens with one attached hydrogen (secondary N) is 1. The molecule has 192 valence electrons. The van der Waals surface area contributed by atoms with Gasteiger partial charge in [-0.25, -0.2) is 0 Å². The number of aryl methyl sites for hydroxylation is 2. The van der Waals surface area contributed by atoms with Gasteiger partial charge in [-0.2, -0.15) is 0 Å². The average molecular weight is 488 g/mol. The maximum absolute atomic E-state index is 13.3. The van der Waals surface area contributed by atoms with Crippen molar-refractivity contribution in [1.82, 2.24) is 15.1 Å². The lowest BCUT2D eigenvalue weighted by Crippen LogP contribution is -2.36. The molecule has 2 heterocycles. The number of hydrogen-bond acceptors (Lipinski definition) is 3. The second-order valence-electron chi connectivity index (χ2n) is 11.4. The van der Waals surface area contributed by atoms with E-state index in [2.05, 4.69) is 39.4 Å². The fourth-order valence-electron chi connectivity index (χ4n) is 6.80. The molecule has 2 aliphatic heterocycles. The molecule has 3 unspecified atom stereocenters. The molecule has 2 amide bonds. The Morgan fingerprint density at radius 3 is 2.17 bits per heavy atom. The van der Waals surface area contributed by atoms with Crippen molar-refractivity contribution in [3.63, 3.8) is 0 Å². The molecule has 1 N–H and O–H groups in total. The summed E-state index contributed by atoms with van der Waals surface area (Å²) < 4.78 is 0. The molecule has 3 atom stereocenters. The third-order valence-electron chi connectivity index (χ3n) is 8.76. The first kappa shape index (κ1) is 25.0. The minimum atomic E-state index is 0.0580. The Hall–Kier alpha value is -2.66. The zero-order valence-corrected chi connectivity index (χ0v) is 21.9. The van der Waals surface area contributed by atoms with Crippen LogP contribution in [0.25, 0.3) is 0 Å². The van der Waals surface area contributed by atoms with Crippen LogP contribution in [-0.4, -0.2) is 54.3 Å². The van der Waals surface area contributed by atoms with E-state index < -0.39 is 0 Å². The number of nitrogens with zero attached hydrogens (tertiary/aromatic N) is 2. The van der Waals surface area contributed by atoms with Crippen molar-refractivity contribution >= 4 is 11.8 Å². The maximum atomic E-state index is 13.3. The van der Waals surface area contributed by atoms with Crippen LogP contribution >= 0.6 is 0 Å². The molecule has 2 aromatic rings. The standard InChI is InChI=1S/C31H41N3O2/c1-22-9-8-10-23(2)30(22)31(36)34-20-26-18-33(19-27(26)21-34)16-15-28(25-13-4-3-5-14-25)32-29(35)17-24-11-6-7-12-24/h3-5,8-10,13-14,24,26-28H,6-7,11-12,15-21H2,1-2H3,(H,32,35). The van der Waals surface area contributed by atoms with Crippen LogP contribution in [0.1, 0.15) is 71.6 Å². The van der Waals surface area contributed by atoms with Crippen LogP contribution < -0.4 is 5.32 Å².